The van der Waals surface area contributed by atoms with Crippen molar-refractivity contribution in [1.82, 2.24) is 5.32 Å². The van der Waals surface area contributed by atoms with Gasteiger partial charge in [-0.2, -0.15) is 5.26 Å². The van der Waals surface area contributed by atoms with Crippen molar-refractivity contribution in [3.05, 3.63) is 0 Å². The molecule has 0 radical (unpaired) electrons. The third-order valence-electron chi connectivity index (χ3n) is 3.34. The Balaban J connectivity index is 2.42. The van der Waals surface area contributed by atoms with Crippen LogP contribution < -0.4 is 5.32 Å². The molecular formula is C12H20N2O2. The maximum absolute atomic E-state index is 11.9. The lowest BCUT2D eigenvalue weighted by molar-refractivity contribution is -0.128. The first kappa shape index (κ1) is 13.0. The first-order chi connectivity index (χ1) is 7.64. The second-order valence-corrected chi connectivity index (χ2v) is 4.73. The van der Waals surface area contributed by atoms with Gasteiger partial charge in [-0.15, -0.1) is 0 Å². The highest BCUT2D eigenvalue weighted by Gasteiger charge is 2.41. The van der Waals surface area contributed by atoms with Crippen LogP contribution in [-0.2, 0) is 4.79 Å². The lowest BCUT2D eigenvalue weighted by atomic mass is 9.87. The third-order valence-corrected chi connectivity index (χ3v) is 3.34. The minimum atomic E-state index is -0.779. The Morgan fingerprint density at radius 3 is 2.69 bits per heavy atom. The summed E-state index contributed by atoms with van der Waals surface area (Å²) in [5.74, 6) is 0.128. The number of carbonyl (C=O) groups is 1. The van der Waals surface area contributed by atoms with E-state index in [1.54, 1.807) is 0 Å². The van der Waals surface area contributed by atoms with E-state index in [2.05, 4.69) is 11.4 Å². The summed E-state index contributed by atoms with van der Waals surface area (Å²) in [5.41, 5.74) is -0.779. The van der Waals surface area contributed by atoms with Gasteiger partial charge in [0.15, 0.2) is 0 Å². The third kappa shape index (κ3) is 2.96. The van der Waals surface area contributed by atoms with Gasteiger partial charge in [0.2, 0.25) is 5.91 Å². The fourth-order valence-electron chi connectivity index (χ4n) is 2.13. The lowest BCUT2D eigenvalue weighted by Crippen LogP contribution is -2.40. The van der Waals surface area contributed by atoms with Crippen LogP contribution in [0.15, 0.2) is 0 Å². The summed E-state index contributed by atoms with van der Waals surface area (Å²) in [5, 5.41) is 20.7. The molecule has 16 heavy (non-hydrogen) atoms. The summed E-state index contributed by atoms with van der Waals surface area (Å²) >= 11 is 0. The molecule has 0 bridgehead atoms. The Morgan fingerprint density at radius 2 is 2.19 bits per heavy atom. The predicted molar refractivity (Wildman–Crippen MR) is 60.4 cm³/mol. The minimum Gasteiger partial charge on any atom is -0.396 e. The van der Waals surface area contributed by atoms with Crippen LogP contribution in [-0.4, -0.2) is 24.2 Å². The molecule has 0 aromatic carbocycles. The molecule has 0 aliphatic heterocycles. The van der Waals surface area contributed by atoms with Gasteiger partial charge >= 0.3 is 0 Å². The SMILES string of the molecule is CC(CCO)CNC(=O)C1(C#N)CCCC1. The number of hydrogen-bond donors (Lipinski definition) is 2. The maximum Gasteiger partial charge on any atom is 0.240 e. The number of carbonyl (C=O) groups excluding carboxylic acids is 1. The van der Waals surface area contributed by atoms with Crippen LogP contribution in [0.4, 0.5) is 0 Å². The van der Waals surface area contributed by atoms with Crippen LogP contribution in [0, 0.1) is 22.7 Å². The molecule has 1 aliphatic rings. The minimum absolute atomic E-state index is 0.128. The summed E-state index contributed by atoms with van der Waals surface area (Å²) in [6.45, 7) is 2.66. The summed E-state index contributed by atoms with van der Waals surface area (Å²) in [4.78, 5) is 11.9. The summed E-state index contributed by atoms with van der Waals surface area (Å²) in [7, 11) is 0. The fraction of sp³-hybridized carbons (Fsp3) is 0.833. The van der Waals surface area contributed by atoms with Crippen LogP contribution in [0.25, 0.3) is 0 Å². The van der Waals surface area contributed by atoms with Crippen LogP contribution in [0.3, 0.4) is 0 Å². The predicted octanol–water partition coefficient (Wildman–Crippen LogP) is 1.21. The van der Waals surface area contributed by atoms with Gasteiger partial charge in [0.1, 0.15) is 5.41 Å². The number of nitrogens with one attached hydrogen (secondary N) is 1. The van der Waals surface area contributed by atoms with Crippen molar-refractivity contribution in [3.8, 4) is 6.07 Å². The highest BCUT2D eigenvalue weighted by molar-refractivity contribution is 5.85. The Kier molecular flexibility index (Phi) is 4.75. The van der Waals surface area contributed by atoms with Gasteiger partial charge in [-0.25, -0.2) is 0 Å². The smallest absolute Gasteiger partial charge is 0.240 e. The molecule has 0 aromatic rings. The molecule has 1 rings (SSSR count). The number of hydrogen-bond acceptors (Lipinski definition) is 3. The average molecular weight is 224 g/mol. The Bertz CT molecular complexity index is 277. The van der Waals surface area contributed by atoms with Crippen molar-refractivity contribution in [1.29, 1.82) is 5.26 Å². The zero-order valence-corrected chi connectivity index (χ0v) is 9.83. The Hall–Kier alpha value is -1.08. The monoisotopic (exact) mass is 224 g/mol. The molecule has 90 valence electrons. The van der Waals surface area contributed by atoms with Crippen molar-refractivity contribution in [2.24, 2.45) is 11.3 Å². The Morgan fingerprint density at radius 1 is 1.56 bits per heavy atom. The number of aliphatic hydroxyl groups excluding tert-OH is 1. The molecule has 1 unspecified atom stereocenters. The van der Waals surface area contributed by atoms with E-state index in [4.69, 9.17) is 10.4 Å². The van der Waals surface area contributed by atoms with Crippen LogP contribution in [0.1, 0.15) is 39.0 Å². The van der Waals surface area contributed by atoms with E-state index in [1.165, 1.54) is 0 Å². The number of aliphatic hydroxyl groups is 1. The number of rotatable bonds is 5. The molecule has 0 spiro atoms. The van der Waals surface area contributed by atoms with Gasteiger partial charge in [-0.05, 0) is 25.2 Å². The summed E-state index contributed by atoms with van der Waals surface area (Å²) in [6.07, 6.45) is 3.98. The van der Waals surface area contributed by atoms with Crippen molar-refractivity contribution in [3.63, 3.8) is 0 Å². The quantitative estimate of drug-likeness (QED) is 0.737. The van der Waals surface area contributed by atoms with Gasteiger partial charge in [0.25, 0.3) is 0 Å². The van der Waals surface area contributed by atoms with Crippen LogP contribution in [0.5, 0.6) is 0 Å². The fourth-order valence-corrected chi connectivity index (χ4v) is 2.13. The molecule has 2 N–H and O–H groups in total. The van der Waals surface area contributed by atoms with Crippen LogP contribution in [0.2, 0.25) is 0 Å². The van der Waals surface area contributed by atoms with E-state index in [1.807, 2.05) is 6.92 Å². The molecule has 1 amide bonds. The number of nitrogens with zero attached hydrogens (tertiary/aromatic N) is 1. The average Bonchev–Trinajstić information content (AvgIpc) is 2.76. The molecule has 1 fully saturated rings. The molecular weight excluding hydrogens is 204 g/mol. The number of nitriles is 1. The maximum atomic E-state index is 11.9. The molecule has 1 atom stereocenters. The highest BCUT2D eigenvalue weighted by Crippen LogP contribution is 2.37. The normalized spacial score (nSPS) is 20.1. The second kappa shape index (κ2) is 5.86. The Labute approximate surface area is 96.6 Å². The molecule has 0 aromatic heterocycles. The van der Waals surface area contributed by atoms with Crippen molar-refractivity contribution < 1.29 is 9.90 Å². The second-order valence-electron chi connectivity index (χ2n) is 4.73. The van der Waals surface area contributed by atoms with Crippen LogP contribution >= 0.6 is 0 Å². The van der Waals surface area contributed by atoms with E-state index < -0.39 is 5.41 Å². The first-order valence-electron chi connectivity index (χ1n) is 5.95. The largest absolute Gasteiger partial charge is 0.396 e. The molecule has 1 aliphatic carbocycles. The lowest BCUT2D eigenvalue weighted by Gasteiger charge is -2.20. The van der Waals surface area contributed by atoms with E-state index >= 15 is 0 Å². The topological polar surface area (TPSA) is 73.1 Å². The van der Waals surface area contributed by atoms with E-state index in [-0.39, 0.29) is 18.4 Å². The number of amides is 1. The van der Waals surface area contributed by atoms with Gasteiger partial charge in [-0.3, -0.25) is 4.79 Å². The van der Waals surface area contributed by atoms with E-state index in [0.29, 0.717) is 25.8 Å². The van der Waals surface area contributed by atoms with Gasteiger partial charge in [0.05, 0.1) is 6.07 Å². The van der Waals surface area contributed by atoms with Crippen molar-refractivity contribution in [2.45, 2.75) is 39.0 Å². The zero-order chi connectivity index (χ0) is 12.0. The summed E-state index contributed by atoms with van der Waals surface area (Å²) < 4.78 is 0. The van der Waals surface area contributed by atoms with Crippen molar-refractivity contribution >= 4 is 5.91 Å². The zero-order valence-electron chi connectivity index (χ0n) is 9.83. The molecule has 0 saturated heterocycles. The van der Waals surface area contributed by atoms with E-state index in [0.717, 1.165) is 12.8 Å². The molecule has 1 saturated carbocycles. The van der Waals surface area contributed by atoms with Crippen molar-refractivity contribution in [2.75, 3.05) is 13.2 Å². The van der Waals surface area contributed by atoms with Gasteiger partial charge in [-0.1, -0.05) is 19.8 Å². The molecule has 4 nitrogen and oxygen atoms in total. The molecule has 0 heterocycles. The van der Waals surface area contributed by atoms with E-state index in [9.17, 15) is 4.79 Å². The van der Waals surface area contributed by atoms with Gasteiger partial charge < -0.3 is 10.4 Å². The molecule has 4 heteroatoms. The summed E-state index contributed by atoms with van der Waals surface area (Å²) in [6, 6.07) is 2.17. The first-order valence-corrected chi connectivity index (χ1v) is 5.95. The highest BCUT2D eigenvalue weighted by atomic mass is 16.3. The van der Waals surface area contributed by atoms with Gasteiger partial charge in [0, 0.05) is 13.2 Å². The standard InChI is InChI=1S/C12H20N2O2/c1-10(4-7-15)8-14-11(16)12(9-13)5-2-3-6-12/h10,15H,2-8H2,1H3,(H,14,16).